The summed E-state index contributed by atoms with van der Waals surface area (Å²) < 4.78 is 17.1. The molecule has 0 aromatic heterocycles. The topological polar surface area (TPSA) is 54.4 Å². The predicted octanol–water partition coefficient (Wildman–Crippen LogP) is 2.39. The Labute approximate surface area is 164 Å². The number of benzene rings is 1. The lowest BCUT2D eigenvalue weighted by Gasteiger charge is -2.38. The fourth-order valence-electron chi connectivity index (χ4n) is 3.22. The van der Waals surface area contributed by atoms with Crippen LogP contribution in [0, 0.1) is 0 Å². The molecular formula is C21H36N2O4. The maximum absolute atomic E-state index is 10.3. The molecule has 0 aliphatic carbocycles. The fourth-order valence-corrected chi connectivity index (χ4v) is 3.22. The lowest BCUT2D eigenvalue weighted by atomic mass is 10.1. The first-order chi connectivity index (χ1) is 12.7. The fraction of sp³-hybridized carbons (Fsp3) is 0.714. The van der Waals surface area contributed by atoms with Crippen molar-refractivity contribution < 1.29 is 19.3 Å². The molecule has 6 nitrogen and oxygen atoms in total. The van der Waals surface area contributed by atoms with Crippen molar-refractivity contribution in [2.45, 2.75) is 52.0 Å². The Bertz CT molecular complexity index is 592. The quantitative estimate of drug-likeness (QED) is 0.710. The Hall–Kier alpha value is -1.34. The number of hydrogen-bond donors (Lipinski definition) is 1. The maximum atomic E-state index is 10.3. The summed E-state index contributed by atoms with van der Waals surface area (Å²) in [5.41, 5.74) is 1.05. The summed E-state index contributed by atoms with van der Waals surface area (Å²) in [6, 6.07) is 6.40. The van der Waals surface area contributed by atoms with Gasteiger partial charge in [-0.1, -0.05) is 6.07 Å². The highest BCUT2D eigenvalue weighted by atomic mass is 16.5. The minimum Gasteiger partial charge on any atom is -0.493 e. The Kier molecular flexibility index (Phi) is 7.91. The zero-order valence-corrected chi connectivity index (χ0v) is 17.7. The Morgan fingerprint density at radius 1 is 1.30 bits per heavy atom. The van der Waals surface area contributed by atoms with Gasteiger partial charge in [0.05, 0.1) is 19.3 Å². The van der Waals surface area contributed by atoms with E-state index in [1.54, 1.807) is 7.11 Å². The van der Waals surface area contributed by atoms with Gasteiger partial charge in [-0.15, -0.1) is 0 Å². The van der Waals surface area contributed by atoms with E-state index in [0.29, 0.717) is 24.1 Å². The predicted molar refractivity (Wildman–Crippen MR) is 108 cm³/mol. The number of morpholine rings is 1. The number of methoxy groups -OCH3 is 1. The Morgan fingerprint density at radius 3 is 2.67 bits per heavy atom. The zero-order valence-electron chi connectivity index (χ0n) is 17.7. The summed E-state index contributed by atoms with van der Waals surface area (Å²) in [5, 5.41) is 10.3. The van der Waals surface area contributed by atoms with Gasteiger partial charge in [0.25, 0.3) is 0 Å². The van der Waals surface area contributed by atoms with Crippen molar-refractivity contribution in [1.29, 1.82) is 0 Å². The molecule has 2 rings (SSSR count). The highest BCUT2D eigenvalue weighted by molar-refractivity contribution is 5.43. The van der Waals surface area contributed by atoms with Crippen molar-refractivity contribution in [3.05, 3.63) is 23.8 Å². The van der Waals surface area contributed by atoms with Gasteiger partial charge in [0.2, 0.25) is 0 Å². The number of rotatable bonds is 9. The van der Waals surface area contributed by atoms with Crippen LogP contribution >= 0.6 is 0 Å². The molecule has 6 heteroatoms. The van der Waals surface area contributed by atoms with Crippen LogP contribution in [0.5, 0.6) is 11.5 Å². The standard InChI is InChI=1S/C21H36N2O4/c1-16(2)22(5)13-18(24)14-26-20-11-17(7-8-19(20)25-6)12-23-9-10-27-21(3,4)15-23/h7-8,11,16,18,24H,9-10,12-15H2,1-6H3/t18-/m1/s1. The second-order valence-electron chi connectivity index (χ2n) is 8.30. The number of likely N-dealkylation sites (N-methyl/N-ethyl adjacent to an activating group) is 1. The molecule has 1 heterocycles. The van der Waals surface area contributed by atoms with E-state index in [2.05, 4.69) is 43.6 Å². The van der Waals surface area contributed by atoms with Gasteiger partial charge in [0, 0.05) is 32.2 Å². The van der Waals surface area contributed by atoms with Crippen LogP contribution in [0.3, 0.4) is 0 Å². The third kappa shape index (κ3) is 6.96. The van der Waals surface area contributed by atoms with Crippen LogP contribution in [0.15, 0.2) is 18.2 Å². The van der Waals surface area contributed by atoms with Gasteiger partial charge >= 0.3 is 0 Å². The van der Waals surface area contributed by atoms with Crippen LogP contribution in [0.1, 0.15) is 33.3 Å². The van der Waals surface area contributed by atoms with Crippen LogP contribution in [0.4, 0.5) is 0 Å². The Morgan fingerprint density at radius 2 is 2.04 bits per heavy atom. The lowest BCUT2D eigenvalue weighted by Crippen LogP contribution is -2.47. The zero-order chi connectivity index (χ0) is 20.0. The monoisotopic (exact) mass is 380 g/mol. The summed E-state index contributed by atoms with van der Waals surface area (Å²) in [5.74, 6) is 1.36. The molecule has 1 N–H and O–H groups in total. The third-order valence-corrected chi connectivity index (χ3v) is 4.95. The van der Waals surface area contributed by atoms with Crippen molar-refractivity contribution in [2.24, 2.45) is 0 Å². The molecule has 0 spiro atoms. The number of aliphatic hydroxyl groups is 1. The van der Waals surface area contributed by atoms with Gasteiger partial charge in [-0.25, -0.2) is 0 Å². The first-order valence-corrected chi connectivity index (χ1v) is 9.74. The molecule has 1 aromatic rings. The molecule has 27 heavy (non-hydrogen) atoms. The van der Waals surface area contributed by atoms with Gasteiger partial charge in [0.1, 0.15) is 12.7 Å². The smallest absolute Gasteiger partial charge is 0.161 e. The lowest BCUT2D eigenvalue weighted by molar-refractivity contribution is -0.0882. The summed E-state index contributed by atoms with van der Waals surface area (Å²) in [6.45, 7) is 12.7. The van der Waals surface area contributed by atoms with Crippen LogP contribution in [-0.2, 0) is 11.3 Å². The molecule has 0 radical (unpaired) electrons. The SMILES string of the molecule is COc1ccc(CN2CCOC(C)(C)C2)cc1OC[C@H](O)CN(C)C(C)C. The van der Waals surface area contributed by atoms with E-state index in [0.717, 1.165) is 31.8 Å². The molecule has 1 fully saturated rings. The highest BCUT2D eigenvalue weighted by Gasteiger charge is 2.27. The summed E-state index contributed by atoms with van der Waals surface area (Å²) in [6.07, 6.45) is -0.550. The van der Waals surface area contributed by atoms with Crippen LogP contribution in [0.25, 0.3) is 0 Å². The highest BCUT2D eigenvalue weighted by Crippen LogP contribution is 2.29. The third-order valence-electron chi connectivity index (χ3n) is 4.95. The van der Waals surface area contributed by atoms with Gasteiger partial charge in [0.15, 0.2) is 11.5 Å². The second-order valence-corrected chi connectivity index (χ2v) is 8.30. The van der Waals surface area contributed by atoms with Crippen molar-refractivity contribution in [2.75, 3.05) is 47.0 Å². The van der Waals surface area contributed by atoms with E-state index in [-0.39, 0.29) is 12.2 Å². The molecule has 154 valence electrons. The number of ether oxygens (including phenoxy) is 3. The van der Waals surface area contributed by atoms with E-state index in [9.17, 15) is 5.11 Å². The van der Waals surface area contributed by atoms with E-state index in [4.69, 9.17) is 14.2 Å². The first-order valence-electron chi connectivity index (χ1n) is 9.74. The minimum atomic E-state index is -0.550. The molecule has 1 aliphatic rings. The summed E-state index contributed by atoms with van der Waals surface area (Å²) in [4.78, 5) is 4.49. The van der Waals surface area contributed by atoms with Crippen molar-refractivity contribution in [3.8, 4) is 11.5 Å². The van der Waals surface area contributed by atoms with Crippen molar-refractivity contribution in [1.82, 2.24) is 9.80 Å². The van der Waals surface area contributed by atoms with Gasteiger partial charge < -0.3 is 24.2 Å². The maximum Gasteiger partial charge on any atom is 0.161 e. The van der Waals surface area contributed by atoms with E-state index < -0.39 is 6.10 Å². The van der Waals surface area contributed by atoms with Gasteiger partial charge in [-0.2, -0.15) is 0 Å². The number of aliphatic hydroxyl groups excluding tert-OH is 1. The molecule has 0 unspecified atom stereocenters. The normalized spacial score (nSPS) is 18.7. The molecule has 0 saturated carbocycles. The first kappa shape index (κ1) is 22.0. The molecule has 1 atom stereocenters. The molecule has 1 aliphatic heterocycles. The van der Waals surface area contributed by atoms with Crippen LogP contribution in [0.2, 0.25) is 0 Å². The molecule has 0 bridgehead atoms. The van der Waals surface area contributed by atoms with Gasteiger partial charge in [-0.05, 0) is 52.4 Å². The van der Waals surface area contributed by atoms with Crippen molar-refractivity contribution >= 4 is 0 Å². The Balaban J connectivity index is 1.98. The minimum absolute atomic E-state index is 0.114. The van der Waals surface area contributed by atoms with Gasteiger partial charge in [-0.3, -0.25) is 4.90 Å². The van der Waals surface area contributed by atoms with Crippen molar-refractivity contribution in [3.63, 3.8) is 0 Å². The number of nitrogens with zero attached hydrogens (tertiary/aromatic N) is 2. The average molecular weight is 381 g/mol. The van der Waals surface area contributed by atoms with E-state index in [1.807, 2.05) is 19.2 Å². The average Bonchev–Trinajstić information content (AvgIpc) is 2.59. The van der Waals surface area contributed by atoms with Crippen LogP contribution in [-0.4, -0.2) is 79.7 Å². The molecule has 1 saturated heterocycles. The summed E-state index contributed by atoms with van der Waals surface area (Å²) >= 11 is 0. The second kappa shape index (κ2) is 9.73. The van der Waals surface area contributed by atoms with E-state index >= 15 is 0 Å². The number of hydrogen-bond acceptors (Lipinski definition) is 6. The van der Waals surface area contributed by atoms with E-state index in [1.165, 1.54) is 0 Å². The summed E-state index contributed by atoms with van der Waals surface area (Å²) in [7, 11) is 3.63. The molecule has 1 aromatic carbocycles. The molecule has 0 amide bonds. The molecular weight excluding hydrogens is 344 g/mol. The van der Waals surface area contributed by atoms with Crippen LogP contribution < -0.4 is 9.47 Å². The largest absolute Gasteiger partial charge is 0.493 e.